The topological polar surface area (TPSA) is 83.8 Å². The first-order valence-electron chi connectivity index (χ1n) is 7.92. The van der Waals surface area contributed by atoms with E-state index in [9.17, 15) is 9.18 Å². The Morgan fingerprint density at radius 2 is 2.14 bits per heavy atom. The summed E-state index contributed by atoms with van der Waals surface area (Å²) in [6, 6.07) is 8.30. The predicted molar refractivity (Wildman–Crippen MR) is 108 cm³/mol. The van der Waals surface area contributed by atoms with Crippen LogP contribution < -0.4 is 0 Å². The Hall–Kier alpha value is -2.36. The summed E-state index contributed by atoms with van der Waals surface area (Å²) in [6.45, 7) is 0. The van der Waals surface area contributed by atoms with E-state index in [1.165, 1.54) is 22.5 Å². The summed E-state index contributed by atoms with van der Waals surface area (Å²) in [4.78, 5) is 19.3. The summed E-state index contributed by atoms with van der Waals surface area (Å²) < 4.78 is 16.3. The molecule has 0 aliphatic heterocycles. The van der Waals surface area contributed by atoms with E-state index in [2.05, 4.69) is 31.0 Å². The average molecular weight is 482 g/mol. The number of fused-ring (bicyclic) bond motifs is 1. The molecule has 0 radical (unpaired) electrons. The van der Waals surface area contributed by atoms with Gasteiger partial charge in [0.15, 0.2) is 0 Å². The van der Waals surface area contributed by atoms with E-state index in [1.54, 1.807) is 31.4 Å². The molecule has 0 saturated heterocycles. The molecule has 28 heavy (non-hydrogen) atoms. The summed E-state index contributed by atoms with van der Waals surface area (Å²) in [5.41, 5.74) is 1.39. The molecule has 10 heteroatoms. The van der Waals surface area contributed by atoms with E-state index in [1.807, 2.05) is 6.07 Å². The number of aromatic nitrogens is 4. The SMILES string of the molecule is Cn1cc(-c2c(Cl)ccc3c(Sc4cccc(C(=O)O)n4)c(Br)[nH]c23)c(F)n1. The zero-order valence-electron chi connectivity index (χ0n) is 14.2. The molecule has 2 N–H and O–H groups in total. The first kappa shape index (κ1) is 19.0. The van der Waals surface area contributed by atoms with E-state index < -0.39 is 11.9 Å². The molecule has 0 fully saturated rings. The molecular formula is C18H11BrClFN4O2S. The van der Waals surface area contributed by atoms with Crippen LogP contribution in [0.2, 0.25) is 5.02 Å². The molecule has 0 atom stereocenters. The quantitative estimate of drug-likeness (QED) is 0.409. The Kier molecular flexibility index (Phi) is 4.90. The number of benzene rings is 1. The third-order valence-electron chi connectivity index (χ3n) is 4.04. The van der Waals surface area contributed by atoms with Crippen LogP contribution in [0.25, 0.3) is 22.0 Å². The van der Waals surface area contributed by atoms with Gasteiger partial charge in [0.1, 0.15) is 10.7 Å². The number of rotatable bonds is 4. The van der Waals surface area contributed by atoms with Crippen LogP contribution in [-0.4, -0.2) is 30.8 Å². The number of hydrogen-bond donors (Lipinski definition) is 2. The van der Waals surface area contributed by atoms with E-state index in [0.29, 0.717) is 25.7 Å². The lowest BCUT2D eigenvalue weighted by Gasteiger charge is -2.05. The summed E-state index contributed by atoms with van der Waals surface area (Å²) >= 11 is 11.2. The van der Waals surface area contributed by atoms with Crippen LogP contribution in [0.15, 0.2) is 51.1 Å². The predicted octanol–water partition coefficient (Wildman–Crippen LogP) is 5.37. The monoisotopic (exact) mass is 480 g/mol. The number of hydrogen-bond acceptors (Lipinski definition) is 4. The molecule has 1 aromatic carbocycles. The Labute approximate surface area is 175 Å². The van der Waals surface area contributed by atoms with Gasteiger partial charge in [0.05, 0.1) is 25.6 Å². The molecule has 0 aliphatic rings. The van der Waals surface area contributed by atoms with Crippen LogP contribution in [0.5, 0.6) is 0 Å². The molecule has 142 valence electrons. The molecule has 6 nitrogen and oxygen atoms in total. The molecule has 3 aromatic heterocycles. The van der Waals surface area contributed by atoms with Crippen LogP contribution in [0.3, 0.4) is 0 Å². The van der Waals surface area contributed by atoms with Crippen molar-refractivity contribution >= 4 is 56.2 Å². The fourth-order valence-corrected chi connectivity index (χ4v) is 4.70. The van der Waals surface area contributed by atoms with Gasteiger partial charge in [0, 0.05) is 24.2 Å². The number of carboxylic acids is 1. The highest BCUT2D eigenvalue weighted by Crippen LogP contribution is 2.44. The van der Waals surface area contributed by atoms with E-state index in [-0.39, 0.29) is 11.3 Å². The van der Waals surface area contributed by atoms with Gasteiger partial charge in [-0.1, -0.05) is 35.5 Å². The molecule has 0 spiro atoms. The van der Waals surface area contributed by atoms with E-state index in [0.717, 1.165) is 10.3 Å². The highest BCUT2D eigenvalue weighted by molar-refractivity contribution is 9.10. The van der Waals surface area contributed by atoms with Crippen LogP contribution in [0.4, 0.5) is 4.39 Å². The Balaban J connectivity index is 1.87. The van der Waals surface area contributed by atoms with Crippen molar-refractivity contribution in [1.29, 1.82) is 0 Å². The number of carbonyl (C=O) groups is 1. The zero-order chi connectivity index (χ0) is 20.0. The minimum Gasteiger partial charge on any atom is -0.477 e. The normalized spacial score (nSPS) is 11.3. The van der Waals surface area contributed by atoms with Gasteiger partial charge >= 0.3 is 5.97 Å². The molecule has 4 aromatic rings. The van der Waals surface area contributed by atoms with Crippen LogP contribution >= 0.6 is 39.3 Å². The Morgan fingerprint density at radius 1 is 1.36 bits per heavy atom. The van der Waals surface area contributed by atoms with Gasteiger partial charge in [-0.25, -0.2) is 9.78 Å². The smallest absolute Gasteiger partial charge is 0.354 e. The average Bonchev–Trinajstić information content (AvgIpc) is 3.14. The number of pyridine rings is 1. The first-order valence-corrected chi connectivity index (χ1v) is 9.91. The largest absolute Gasteiger partial charge is 0.477 e. The lowest BCUT2D eigenvalue weighted by Crippen LogP contribution is -1.99. The van der Waals surface area contributed by atoms with Gasteiger partial charge in [-0.3, -0.25) is 4.68 Å². The van der Waals surface area contributed by atoms with Crippen molar-refractivity contribution in [1.82, 2.24) is 19.7 Å². The maximum Gasteiger partial charge on any atom is 0.354 e. The van der Waals surface area contributed by atoms with Gasteiger partial charge in [0.2, 0.25) is 5.95 Å². The number of carboxylic acid groups (broad SMARTS) is 1. The van der Waals surface area contributed by atoms with E-state index in [4.69, 9.17) is 16.7 Å². The highest BCUT2D eigenvalue weighted by Gasteiger charge is 2.21. The highest BCUT2D eigenvalue weighted by atomic mass is 79.9. The summed E-state index contributed by atoms with van der Waals surface area (Å²) in [5, 5.41) is 14.6. The van der Waals surface area contributed by atoms with Gasteiger partial charge in [-0.05, 0) is 34.1 Å². The van der Waals surface area contributed by atoms with Gasteiger partial charge in [-0.15, -0.1) is 5.10 Å². The van der Waals surface area contributed by atoms with Crippen molar-refractivity contribution in [3.05, 3.63) is 57.8 Å². The fraction of sp³-hybridized carbons (Fsp3) is 0.0556. The molecule has 0 bridgehead atoms. The number of aromatic carboxylic acids is 1. The number of halogens is 3. The number of aryl methyl sites for hydroxylation is 1. The van der Waals surface area contributed by atoms with E-state index >= 15 is 0 Å². The minimum atomic E-state index is -1.10. The number of nitrogens with one attached hydrogen (secondary N) is 1. The van der Waals surface area contributed by atoms with Gasteiger partial charge in [-0.2, -0.15) is 4.39 Å². The second-order valence-electron chi connectivity index (χ2n) is 5.89. The third-order valence-corrected chi connectivity index (χ3v) is 6.27. The molecule has 4 rings (SSSR count). The second-order valence-corrected chi connectivity index (χ2v) is 8.12. The van der Waals surface area contributed by atoms with Crippen LogP contribution in [0.1, 0.15) is 10.5 Å². The van der Waals surface area contributed by atoms with Crippen molar-refractivity contribution in [3.8, 4) is 11.1 Å². The number of nitrogens with zero attached hydrogens (tertiary/aromatic N) is 3. The molecule has 0 amide bonds. The number of aromatic amines is 1. The van der Waals surface area contributed by atoms with Crippen molar-refractivity contribution in [2.45, 2.75) is 9.92 Å². The maximum absolute atomic E-state index is 14.3. The maximum atomic E-state index is 14.3. The number of H-pyrrole nitrogens is 1. The van der Waals surface area contributed by atoms with Crippen molar-refractivity contribution < 1.29 is 14.3 Å². The Morgan fingerprint density at radius 3 is 2.82 bits per heavy atom. The first-order chi connectivity index (χ1) is 13.3. The summed E-state index contributed by atoms with van der Waals surface area (Å²) in [7, 11) is 1.63. The molecular weight excluding hydrogens is 471 g/mol. The fourth-order valence-electron chi connectivity index (χ4n) is 2.87. The standard InChI is InChI=1S/C18H11BrClFN4O2S/c1-25-7-9(17(21)24-25)13-10(20)6-5-8-14(13)23-16(19)15(8)28-12-4-2-3-11(22-12)18(26)27/h2-7,23H,1H3,(H,26,27). The van der Waals surface area contributed by atoms with Crippen LogP contribution in [0, 0.1) is 5.95 Å². The molecule has 0 unspecified atom stereocenters. The van der Waals surface area contributed by atoms with Crippen LogP contribution in [-0.2, 0) is 7.05 Å². The van der Waals surface area contributed by atoms with Gasteiger partial charge < -0.3 is 10.1 Å². The molecule has 3 heterocycles. The summed E-state index contributed by atoms with van der Waals surface area (Å²) in [6.07, 6.45) is 1.56. The molecule has 0 aliphatic carbocycles. The third kappa shape index (κ3) is 3.30. The van der Waals surface area contributed by atoms with Crippen molar-refractivity contribution in [3.63, 3.8) is 0 Å². The lowest BCUT2D eigenvalue weighted by atomic mass is 10.1. The molecule has 0 saturated carbocycles. The Bertz CT molecular complexity index is 1240. The zero-order valence-corrected chi connectivity index (χ0v) is 17.4. The van der Waals surface area contributed by atoms with Crippen molar-refractivity contribution in [2.24, 2.45) is 7.05 Å². The minimum absolute atomic E-state index is 0.0397. The van der Waals surface area contributed by atoms with Gasteiger partial charge in [0.25, 0.3) is 0 Å². The summed E-state index contributed by atoms with van der Waals surface area (Å²) in [5.74, 6) is -1.71. The lowest BCUT2D eigenvalue weighted by molar-refractivity contribution is 0.0689. The second kappa shape index (κ2) is 7.23. The van der Waals surface area contributed by atoms with Crippen molar-refractivity contribution in [2.75, 3.05) is 0 Å².